The molecule has 0 aromatic carbocycles. The first-order valence-electron chi connectivity index (χ1n) is 6.20. The van der Waals surface area contributed by atoms with Crippen molar-refractivity contribution in [3.8, 4) is 0 Å². The monoisotopic (exact) mass is 247 g/mol. The normalized spacial score (nSPS) is 32.1. The van der Waals surface area contributed by atoms with Gasteiger partial charge in [0, 0.05) is 25.3 Å². The number of sulfone groups is 1. The van der Waals surface area contributed by atoms with Gasteiger partial charge in [-0.1, -0.05) is 0 Å². The lowest BCUT2D eigenvalue weighted by atomic mass is 10.1. The molecule has 0 amide bonds. The molecule has 0 aromatic rings. The Morgan fingerprint density at radius 3 is 2.38 bits per heavy atom. The summed E-state index contributed by atoms with van der Waals surface area (Å²) in [7, 11) is -2.73. The van der Waals surface area contributed by atoms with Crippen LogP contribution in [0, 0.1) is 0 Å². The summed E-state index contributed by atoms with van der Waals surface area (Å²) in [5, 5.41) is 3.59. The lowest BCUT2D eigenvalue weighted by Crippen LogP contribution is -2.43. The quantitative estimate of drug-likeness (QED) is 0.781. The van der Waals surface area contributed by atoms with Crippen LogP contribution in [0.5, 0.6) is 0 Å². The molecule has 4 nitrogen and oxygen atoms in total. The summed E-state index contributed by atoms with van der Waals surface area (Å²) < 4.78 is 28.0. The van der Waals surface area contributed by atoms with Crippen LogP contribution >= 0.6 is 0 Å². The summed E-state index contributed by atoms with van der Waals surface area (Å²) >= 11 is 0. The van der Waals surface area contributed by atoms with E-state index >= 15 is 0 Å². The van der Waals surface area contributed by atoms with Gasteiger partial charge in [-0.2, -0.15) is 0 Å². The Bertz CT molecular complexity index is 293. The van der Waals surface area contributed by atoms with Crippen molar-refractivity contribution >= 4 is 9.84 Å². The fraction of sp³-hybridized carbons (Fsp3) is 1.00. The Hall–Kier alpha value is -0.130. The summed E-state index contributed by atoms with van der Waals surface area (Å²) in [5.74, 6) is 0.710. The molecule has 2 aliphatic rings. The van der Waals surface area contributed by atoms with Gasteiger partial charge in [0.1, 0.15) is 9.84 Å². The maximum Gasteiger partial charge on any atom is 0.150 e. The van der Waals surface area contributed by atoms with Gasteiger partial charge in [0.2, 0.25) is 0 Å². The van der Waals surface area contributed by atoms with E-state index in [0.29, 0.717) is 23.6 Å². The second-order valence-electron chi connectivity index (χ2n) is 4.83. The molecule has 0 aliphatic carbocycles. The van der Waals surface area contributed by atoms with Crippen molar-refractivity contribution in [2.24, 2.45) is 0 Å². The smallest absolute Gasteiger partial charge is 0.150 e. The highest BCUT2D eigenvalue weighted by Crippen LogP contribution is 2.16. The molecule has 0 saturated carbocycles. The van der Waals surface area contributed by atoms with Crippen molar-refractivity contribution in [1.82, 2.24) is 5.32 Å². The lowest BCUT2D eigenvalue weighted by Gasteiger charge is -2.27. The zero-order valence-corrected chi connectivity index (χ0v) is 10.5. The van der Waals surface area contributed by atoms with Crippen molar-refractivity contribution in [2.45, 2.75) is 44.2 Å². The van der Waals surface area contributed by atoms with Crippen LogP contribution in [-0.2, 0) is 14.6 Å². The largest absolute Gasteiger partial charge is 0.381 e. The zero-order chi connectivity index (χ0) is 11.4. The highest BCUT2D eigenvalue weighted by Gasteiger charge is 2.25. The number of hydrogen-bond acceptors (Lipinski definition) is 4. The molecule has 1 unspecified atom stereocenters. The van der Waals surface area contributed by atoms with Crippen molar-refractivity contribution in [3.05, 3.63) is 0 Å². The molecule has 2 saturated heterocycles. The van der Waals surface area contributed by atoms with Gasteiger partial charge in [-0.15, -0.1) is 0 Å². The van der Waals surface area contributed by atoms with E-state index in [0.717, 1.165) is 45.3 Å². The molecule has 2 aliphatic heterocycles. The van der Waals surface area contributed by atoms with Crippen LogP contribution in [0.3, 0.4) is 0 Å². The first-order valence-corrected chi connectivity index (χ1v) is 8.02. The van der Waals surface area contributed by atoms with Crippen LogP contribution in [0.15, 0.2) is 0 Å². The summed E-state index contributed by atoms with van der Waals surface area (Å²) in [5.41, 5.74) is 0. The molecule has 2 heterocycles. The topological polar surface area (TPSA) is 55.4 Å². The van der Waals surface area contributed by atoms with Crippen LogP contribution in [-0.4, -0.2) is 45.2 Å². The second-order valence-corrected chi connectivity index (χ2v) is 7.14. The Balaban J connectivity index is 1.77. The van der Waals surface area contributed by atoms with Crippen molar-refractivity contribution in [1.29, 1.82) is 0 Å². The first kappa shape index (κ1) is 12.3. The number of ether oxygens (including phenoxy) is 1. The van der Waals surface area contributed by atoms with E-state index in [1.54, 1.807) is 0 Å². The average Bonchev–Trinajstić information content (AvgIpc) is 2.50. The molecule has 0 radical (unpaired) electrons. The minimum Gasteiger partial charge on any atom is -0.381 e. The van der Waals surface area contributed by atoms with Gasteiger partial charge in [-0.25, -0.2) is 8.42 Å². The van der Waals surface area contributed by atoms with Crippen LogP contribution < -0.4 is 5.32 Å². The predicted octanol–water partition coefficient (Wildman–Crippen LogP) is 0.722. The molecule has 5 heteroatoms. The van der Waals surface area contributed by atoms with Crippen LogP contribution in [0.2, 0.25) is 0 Å². The Labute approximate surface area is 97.7 Å². The summed E-state index contributed by atoms with van der Waals surface area (Å²) in [4.78, 5) is 0. The Morgan fingerprint density at radius 1 is 0.938 bits per heavy atom. The minimum absolute atomic E-state index is 0.355. The van der Waals surface area contributed by atoms with Crippen LogP contribution in [0.4, 0.5) is 0 Å². The molecular formula is C11H21NO3S. The molecule has 16 heavy (non-hydrogen) atoms. The van der Waals surface area contributed by atoms with Crippen LogP contribution in [0.25, 0.3) is 0 Å². The maximum atomic E-state index is 11.3. The molecule has 0 spiro atoms. The zero-order valence-electron chi connectivity index (χ0n) is 9.65. The SMILES string of the molecule is O=S1(=O)CCC(NC2CCCOCC2)CC1. The molecule has 94 valence electrons. The number of hydrogen-bond donors (Lipinski definition) is 1. The third-order valence-corrected chi connectivity index (χ3v) is 5.19. The molecule has 0 aromatic heterocycles. The Morgan fingerprint density at radius 2 is 1.62 bits per heavy atom. The average molecular weight is 247 g/mol. The summed E-state index contributed by atoms with van der Waals surface area (Å²) in [6.45, 7) is 1.71. The third kappa shape index (κ3) is 3.71. The molecule has 0 bridgehead atoms. The van der Waals surface area contributed by atoms with E-state index in [9.17, 15) is 8.42 Å². The predicted molar refractivity (Wildman–Crippen MR) is 63.3 cm³/mol. The standard InChI is InChI=1S/C11H21NO3S/c13-16(14)8-4-11(5-9-16)12-10-2-1-6-15-7-3-10/h10-12H,1-9H2. The highest BCUT2D eigenvalue weighted by molar-refractivity contribution is 7.91. The van der Waals surface area contributed by atoms with Crippen molar-refractivity contribution < 1.29 is 13.2 Å². The van der Waals surface area contributed by atoms with Gasteiger partial charge in [0.25, 0.3) is 0 Å². The molecule has 1 atom stereocenters. The van der Waals surface area contributed by atoms with Gasteiger partial charge in [-0.05, 0) is 32.1 Å². The third-order valence-electron chi connectivity index (χ3n) is 3.48. The molecule has 2 fully saturated rings. The van der Waals surface area contributed by atoms with Crippen LogP contribution in [0.1, 0.15) is 32.1 Å². The molecule has 2 rings (SSSR count). The second kappa shape index (κ2) is 5.47. The van der Waals surface area contributed by atoms with Gasteiger partial charge in [-0.3, -0.25) is 0 Å². The summed E-state index contributed by atoms with van der Waals surface area (Å²) in [6.07, 6.45) is 4.88. The number of nitrogens with one attached hydrogen (secondary N) is 1. The van der Waals surface area contributed by atoms with E-state index in [2.05, 4.69) is 5.32 Å². The fourth-order valence-corrected chi connectivity index (χ4v) is 3.95. The summed E-state index contributed by atoms with van der Waals surface area (Å²) in [6, 6.07) is 0.917. The van der Waals surface area contributed by atoms with Gasteiger partial charge >= 0.3 is 0 Å². The van der Waals surface area contributed by atoms with Crippen molar-refractivity contribution in [2.75, 3.05) is 24.7 Å². The van der Waals surface area contributed by atoms with E-state index in [1.807, 2.05) is 0 Å². The fourth-order valence-electron chi connectivity index (χ4n) is 2.46. The van der Waals surface area contributed by atoms with Gasteiger partial charge in [0.05, 0.1) is 11.5 Å². The van der Waals surface area contributed by atoms with E-state index in [1.165, 1.54) is 0 Å². The maximum absolute atomic E-state index is 11.3. The first-order chi connectivity index (χ1) is 7.66. The Kier molecular flexibility index (Phi) is 4.21. The highest BCUT2D eigenvalue weighted by atomic mass is 32.2. The van der Waals surface area contributed by atoms with E-state index in [-0.39, 0.29) is 0 Å². The number of rotatable bonds is 2. The van der Waals surface area contributed by atoms with E-state index < -0.39 is 9.84 Å². The minimum atomic E-state index is -2.73. The molecular weight excluding hydrogens is 226 g/mol. The van der Waals surface area contributed by atoms with Gasteiger partial charge < -0.3 is 10.1 Å². The molecule has 1 N–H and O–H groups in total. The van der Waals surface area contributed by atoms with Gasteiger partial charge in [0.15, 0.2) is 0 Å². The lowest BCUT2D eigenvalue weighted by molar-refractivity contribution is 0.142. The van der Waals surface area contributed by atoms with Crippen molar-refractivity contribution in [3.63, 3.8) is 0 Å². The van der Waals surface area contributed by atoms with E-state index in [4.69, 9.17) is 4.74 Å².